The van der Waals surface area contributed by atoms with Gasteiger partial charge in [0, 0.05) is 35.2 Å². The van der Waals surface area contributed by atoms with E-state index in [1.165, 1.54) is 5.56 Å². The summed E-state index contributed by atoms with van der Waals surface area (Å²) in [4.78, 5) is 9.08. The van der Waals surface area contributed by atoms with Crippen LogP contribution < -0.4 is 5.32 Å². The zero-order chi connectivity index (χ0) is 15.8. The van der Waals surface area contributed by atoms with Crippen LogP contribution in [0.5, 0.6) is 0 Å². The summed E-state index contributed by atoms with van der Waals surface area (Å²) in [5, 5.41) is 7.97. The van der Waals surface area contributed by atoms with Crippen molar-refractivity contribution in [2.24, 2.45) is 0 Å². The van der Waals surface area contributed by atoms with Crippen molar-refractivity contribution < 1.29 is 0 Å². The lowest BCUT2D eigenvalue weighted by Crippen LogP contribution is -2.35. The van der Waals surface area contributed by atoms with Gasteiger partial charge in [-0.25, -0.2) is 14.6 Å². The van der Waals surface area contributed by atoms with Gasteiger partial charge in [-0.15, -0.1) is 0 Å². The summed E-state index contributed by atoms with van der Waals surface area (Å²) in [5.74, 6) is 0.640. The largest absolute Gasteiger partial charge is 0.308 e. The summed E-state index contributed by atoms with van der Waals surface area (Å²) in [5.41, 5.74) is 5.49. The molecule has 0 radical (unpaired) electrons. The van der Waals surface area contributed by atoms with Crippen molar-refractivity contribution in [2.75, 3.05) is 0 Å². The van der Waals surface area contributed by atoms with E-state index < -0.39 is 0 Å². The normalized spacial score (nSPS) is 12.0. The second-order valence-electron chi connectivity index (χ2n) is 6.59. The highest BCUT2D eigenvalue weighted by Crippen LogP contribution is 2.15. The SMILES string of the molecule is Cc1nc(-n2nc(C)c(C)c2C)ncc1CNC(C)(C)C. The zero-order valence-corrected chi connectivity index (χ0v) is 14.1. The predicted octanol–water partition coefficient (Wildman–Crippen LogP) is 2.78. The van der Waals surface area contributed by atoms with E-state index >= 15 is 0 Å². The molecule has 2 aromatic heterocycles. The van der Waals surface area contributed by atoms with Crippen LogP contribution in [0.2, 0.25) is 0 Å². The molecule has 0 saturated carbocycles. The van der Waals surface area contributed by atoms with Crippen molar-refractivity contribution in [1.29, 1.82) is 0 Å². The van der Waals surface area contributed by atoms with Gasteiger partial charge in [0.1, 0.15) is 0 Å². The van der Waals surface area contributed by atoms with Crippen LogP contribution in [0.4, 0.5) is 0 Å². The van der Waals surface area contributed by atoms with E-state index in [0.29, 0.717) is 5.95 Å². The lowest BCUT2D eigenvalue weighted by Gasteiger charge is -2.21. The summed E-state index contributed by atoms with van der Waals surface area (Å²) < 4.78 is 1.82. The summed E-state index contributed by atoms with van der Waals surface area (Å²) in [6.07, 6.45) is 1.89. The van der Waals surface area contributed by atoms with Gasteiger partial charge in [-0.05, 0) is 54.0 Å². The van der Waals surface area contributed by atoms with Crippen molar-refractivity contribution in [1.82, 2.24) is 25.1 Å². The van der Waals surface area contributed by atoms with E-state index in [9.17, 15) is 0 Å². The summed E-state index contributed by atoms with van der Waals surface area (Å²) in [7, 11) is 0. The van der Waals surface area contributed by atoms with E-state index in [1.54, 1.807) is 0 Å². The molecule has 0 spiro atoms. The monoisotopic (exact) mass is 287 g/mol. The molecule has 0 bridgehead atoms. The molecule has 2 rings (SSSR count). The van der Waals surface area contributed by atoms with Gasteiger partial charge in [0.05, 0.1) is 5.69 Å². The summed E-state index contributed by atoms with van der Waals surface area (Å²) in [6.45, 7) is 15.4. The molecule has 1 N–H and O–H groups in total. The quantitative estimate of drug-likeness (QED) is 0.943. The third kappa shape index (κ3) is 3.47. The van der Waals surface area contributed by atoms with E-state index in [2.05, 4.69) is 48.1 Å². The molecule has 5 heteroatoms. The molecule has 0 unspecified atom stereocenters. The molecule has 2 heterocycles. The molecule has 0 aliphatic carbocycles. The Morgan fingerprint density at radius 2 is 1.76 bits per heavy atom. The minimum Gasteiger partial charge on any atom is -0.308 e. The maximum atomic E-state index is 4.61. The molecule has 21 heavy (non-hydrogen) atoms. The number of aromatic nitrogens is 4. The van der Waals surface area contributed by atoms with Crippen molar-refractivity contribution in [3.63, 3.8) is 0 Å². The Hall–Kier alpha value is -1.75. The van der Waals surface area contributed by atoms with Gasteiger partial charge in [0.15, 0.2) is 0 Å². The number of rotatable bonds is 3. The van der Waals surface area contributed by atoms with Gasteiger partial charge in [0.2, 0.25) is 0 Å². The first-order valence-electron chi connectivity index (χ1n) is 7.30. The Bertz CT molecular complexity index is 649. The molecule has 0 saturated heterocycles. The Balaban J connectivity index is 2.28. The first-order valence-corrected chi connectivity index (χ1v) is 7.30. The highest BCUT2D eigenvalue weighted by Gasteiger charge is 2.14. The molecule has 0 aliphatic heterocycles. The van der Waals surface area contributed by atoms with Crippen molar-refractivity contribution in [3.05, 3.63) is 34.4 Å². The Morgan fingerprint density at radius 1 is 1.10 bits per heavy atom. The summed E-state index contributed by atoms with van der Waals surface area (Å²) >= 11 is 0. The minimum atomic E-state index is 0.0813. The van der Waals surface area contributed by atoms with Crippen LogP contribution in [0, 0.1) is 27.7 Å². The van der Waals surface area contributed by atoms with E-state index in [-0.39, 0.29) is 5.54 Å². The molecule has 0 aromatic carbocycles. The number of nitrogens with zero attached hydrogens (tertiary/aromatic N) is 4. The maximum absolute atomic E-state index is 4.61. The fourth-order valence-corrected chi connectivity index (χ4v) is 2.03. The fraction of sp³-hybridized carbons (Fsp3) is 0.562. The van der Waals surface area contributed by atoms with Crippen LogP contribution in [0.15, 0.2) is 6.20 Å². The molecule has 2 aromatic rings. The number of hydrogen-bond acceptors (Lipinski definition) is 4. The van der Waals surface area contributed by atoms with E-state index in [4.69, 9.17) is 0 Å². The molecule has 0 fully saturated rings. The van der Waals surface area contributed by atoms with Crippen LogP contribution in [0.3, 0.4) is 0 Å². The summed E-state index contributed by atoms with van der Waals surface area (Å²) in [6, 6.07) is 0. The smallest absolute Gasteiger partial charge is 0.250 e. The Kier molecular flexibility index (Phi) is 4.14. The van der Waals surface area contributed by atoms with Gasteiger partial charge in [-0.2, -0.15) is 5.10 Å². The lowest BCUT2D eigenvalue weighted by molar-refractivity contribution is 0.423. The highest BCUT2D eigenvalue weighted by molar-refractivity contribution is 5.29. The van der Waals surface area contributed by atoms with Crippen molar-refractivity contribution >= 4 is 0 Å². The third-order valence-corrected chi connectivity index (χ3v) is 3.72. The van der Waals surface area contributed by atoms with Crippen LogP contribution in [0.25, 0.3) is 5.95 Å². The molecular formula is C16H25N5. The van der Waals surface area contributed by atoms with Gasteiger partial charge < -0.3 is 5.32 Å². The molecule has 0 amide bonds. The van der Waals surface area contributed by atoms with Gasteiger partial charge in [-0.3, -0.25) is 0 Å². The third-order valence-electron chi connectivity index (χ3n) is 3.72. The highest BCUT2D eigenvalue weighted by atomic mass is 15.4. The van der Waals surface area contributed by atoms with E-state index in [0.717, 1.165) is 29.2 Å². The Morgan fingerprint density at radius 3 is 2.24 bits per heavy atom. The predicted molar refractivity (Wildman–Crippen MR) is 84.7 cm³/mol. The molecule has 0 aliphatic rings. The zero-order valence-electron chi connectivity index (χ0n) is 14.1. The molecular weight excluding hydrogens is 262 g/mol. The number of nitrogens with one attached hydrogen (secondary N) is 1. The first-order chi connectivity index (χ1) is 9.69. The molecule has 5 nitrogen and oxygen atoms in total. The van der Waals surface area contributed by atoms with Crippen molar-refractivity contribution in [3.8, 4) is 5.95 Å². The van der Waals surface area contributed by atoms with Gasteiger partial charge in [-0.1, -0.05) is 0 Å². The van der Waals surface area contributed by atoms with Crippen LogP contribution in [0.1, 0.15) is 49.0 Å². The molecule has 0 atom stereocenters. The average Bonchev–Trinajstić information content (AvgIpc) is 2.64. The van der Waals surface area contributed by atoms with E-state index in [1.807, 2.05) is 31.6 Å². The molecule has 114 valence electrons. The van der Waals surface area contributed by atoms with Crippen LogP contribution >= 0.6 is 0 Å². The maximum Gasteiger partial charge on any atom is 0.250 e. The lowest BCUT2D eigenvalue weighted by atomic mass is 10.1. The van der Waals surface area contributed by atoms with Gasteiger partial charge in [0.25, 0.3) is 5.95 Å². The topological polar surface area (TPSA) is 55.6 Å². The second-order valence-corrected chi connectivity index (χ2v) is 6.59. The minimum absolute atomic E-state index is 0.0813. The van der Waals surface area contributed by atoms with Crippen LogP contribution in [-0.4, -0.2) is 25.3 Å². The second kappa shape index (κ2) is 5.56. The number of hydrogen-bond donors (Lipinski definition) is 1. The standard InChI is InChI=1S/C16H25N5/c1-10-11(2)20-21(13(10)4)15-17-8-14(12(3)19-15)9-18-16(5,6)7/h8,18H,9H2,1-7H3. The van der Waals surface area contributed by atoms with Crippen LogP contribution in [-0.2, 0) is 6.54 Å². The van der Waals surface area contributed by atoms with Gasteiger partial charge >= 0.3 is 0 Å². The van der Waals surface area contributed by atoms with Crippen molar-refractivity contribution in [2.45, 2.75) is 60.5 Å². The fourth-order valence-electron chi connectivity index (χ4n) is 2.03. The number of aryl methyl sites for hydroxylation is 2. The Labute approximate surface area is 126 Å². The first kappa shape index (κ1) is 15.6. The average molecular weight is 287 g/mol.